The summed E-state index contributed by atoms with van der Waals surface area (Å²) >= 11 is 0. The fourth-order valence-corrected chi connectivity index (χ4v) is 4.27. The van der Waals surface area contributed by atoms with Crippen molar-refractivity contribution in [2.75, 3.05) is 18.4 Å². The van der Waals surface area contributed by atoms with E-state index in [-0.39, 0.29) is 17.9 Å². The molecule has 2 aromatic heterocycles. The molecule has 1 fully saturated rings. The van der Waals surface area contributed by atoms with E-state index < -0.39 is 11.7 Å². The van der Waals surface area contributed by atoms with E-state index in [1.165, 1.54) is 6.07 Å². The number of aryl methyl sites for hydroxylation is 1. The molecule has 0 aliphatic carbocycles. The molecule has 1 aromatic carbocycles. The van der Waals surface area contributed by atoms with Gasteiger partial charge in [0.15, 0.2) is 0 Å². The lowest BCUT2D eigenvalue weighted by Crippen LogP contribution is -2.51. The number of carbonyl (C=O) groups excluding carboxylic acids is 1. The van der Waals surface area contributed by atoms with Gasteiger partial charge in [0, 0.05) is 31.7 Å². The van der Waals surface area contributed by atoms with Crippen LogP contribution in [0.4, 0.5) is 19.0 Å². The molecule has 0 radical (unpaired) electrons. The highest BCUT2D eigenvalue weighted by molar-refractivity contribution is 5.98. The van der Waals surface area contributed by atoms with Crippen molar-refractivity contribution in [1.82, 2.24) is 19.7 Å². The van der Waals surface area contributed by atoms with Crippen LogP contribution in [-0.4, -0.2) is 44.7 Å². The molecule has 1 saturated heterocycles. The van der Waals surface area contributed by atoms with E-state index in [4.69, 9.17) is 0 Å². The SMILES string of the molecule is Cc1ccc(-n2cccn2)c(C(=O)N2CCCC(C)C2CNc2ccc(C(F)(F)F)cn2)c1. The molecule has 0 bridgehead atoms. The first-order valence-electron chi connectivity index (χ1n) is 10.9. The van der Waals surface area contributed by atoms with Crippen LogP contribution in [0.2, 0.25) is 0 Å². The number of alkyl halides is 3. The molecule has 3 aromatic rings. The van der Waals surface area contributed by atoms with Crippen molar-refractivity contribution >= 4 is 11.7 Å². The van der Waals surface area contributed by atoms with Crippen LogP contribution in [-0.2, 0) is 6.18 Å². The molecule has 1 N–H and O–H groups in total. The van der Waals surface area contributed by atoms with Gasteiger partial charge in [0.1, 0.15) is 5.82 Å². The number of benzene rings is 1. The van der Waals surface area contributed by atoms with E-state index in [0.29, 0.717) is 30.2 Å². The van der Waals surface area contributed by atoms with Crippen molar-refractivity contribution in [3.8, 4) is 5.69 Å². The van der Waals surface area contributed by atoms with Gasteiger partial charge < -0.3 is 10.2 Å². The number of hydrogen-bond acceptors (Lipinski definition) is 4. The first kappa shape index (κ1) is 22.8. The Hall–Kier alpha value is -3.36. The van der Waals surface area contributed by atoms with Gasteiger partial charge in [-0.05, 0) is 56.0 Å². The number of pyridine rings is 1. The van der Waals surface area contributed by atoms with Crippen LogP contribution in [0.5, 0.6) is 0 Å². The molecule has 0 saturated carbocycles. The second kappa shape index (κ2) is 9.25. The minimum Gasteiger partial charge on any atom is -0.368 e. The maximum absolute atomic E-state index is 13.7. The number of amides is 1. The van der Waals surface area contributed by atoms with Crippen molar-refractivity contribution < 1.29 is 18.0 Å². The third kappa shape index (κ3) is 5.02. The quantitative estimate of drug-likeness (QED) is 0.589. The summed E-state index contributed by atoms with van der Waals surface area (Å²) in [6.45, 7) is 5.05. The van der Waals surface area contributed by atoms with Crippen molar-refractivity contribution in [2.45, 2.75) is 38.9 Å². The molecule has 1 aliphatic heterocycles. The number of piperidine rings is 1. The molecule has 3 heterocycles. The van der Waals surface area contributed by atoms with Crippen molar-refractivity contribution in [2.24, 2.45) is 5.92 Å². The van der Waals surface area contributed by atoms with Crippen LogP contribution in [0.1, 0.15) is 41.3 Å². The molecule has 174 valence electrons. The van der Waals surface area contributed by atoms with E-state index in [0.717, 1.165) is 30.7 Å². The Morgan fingerprint density at radius 1 is 1.24 bits per heavy atom. The summed E-state index contributed by atoms with van der Waals surface area (Å²) in [5.41, 5.74) is 1.47. The van der Waals surface area contributed by atoms with E-state index in [1.54, 1.807) is 23.1 Å². The Morgan fingerprint density at radius 2 is 2.06 bits per heavy atom. The Bertz CT molecular complexity index is 1100. The lowest BCUT2D eigenvalue weighted by molar-refractivity contribution is -0.137. The van der Waals surface area contributed by atoms with Gasteiger partial charge in [0.05, 0.1) is 22.9 Å². The number of aromatic nitrogens is 3. The van der Waals surface area contributed by atoms with Crippen LogP contribution in [0.3, 0.4) is 0 Å². The summed E-state index contributed by atoms with van der Waals surface area (Å²) in [6, 6.07) is 9.72. The highest BCUT2D eigenvalue weighted by Gasteiger charge is 2.34. The van der Waals surface area contributed by atoms with Gasteiger partial charge in [-0.2, -0.15) is 18.3 Å². The third-order valence-corrected chi connectivity index (χ3v) is 6.09. The zero-order valence-electron chi connectivity index (χ0n) is 18.5. The predicted molar refractivity (Wildman–Crippen MR) is 119 cm³/mol. The van der Waals surface area contributed by atoms with Gasteiger partial charge in [-0.3, -0.25) is 4.79 Å². The summed E-state index contributed by atoms with van der Waals surface area (Å²) in [5.74, 6) is 0.492. The summed E-state index contributed by atoms with van der Waals surface area (Å²) < 4.78 is 40.1. The summed E-state index contributed by atoms with van der Waals surface area (Å²) in [6.07, 6.45) is 1.73. The molecular weight excluding hydrogens is 431 g/mol. The number of halogens is 3. The second-order valence-corrected chi connectivity index (χ2v) is 8.47. The maximum atomic E-state index is 13.7. The topological polar surface area (TPSA) is 63.1 Å². The van der Waals surface area contributed by atoms with Crippen LogP contribution < -0.4 is 5.32 Å². The molecule has 0 spiro atoms. The fourth-order valence-electron chi connectivity index (χ4n) is 4.27. The van der Waals surface area contributed by atoms with Crippen molar-refractivity contribution in [3.63, 3.8) is 0 Å². The normalized spacial score (nSPS) is 18.9. The first-order chi connectivity index (χ1) is 15.7. The Balaban J connectivity index is 1.55. The van der Waals surface area contributed by atoms with Crippen molar-refractivity contribution in [3.05, 3.63) is 71.7 Å². The fraction of sp³-hybridized carbons (Fsp3) is 0.375. The highest BCUT2D eigenvalue weighted by Crippen LogP contribution is 2.30. The number of nitrogens with one attached hydrogen (secondary N) is 1. The molecule has 6 nitrogen and oxygen atoms in total. The molecule has 1 aliphatic rings. The first-order valence-corrected chi connectivity index (χ1v) is 10.9. The standard InChI is InChI=1S/C24H26F3N5O/c1-16-6-8-20(32-12-4-10-30-32)19(13-16)23(33)31-11-3-5-17(2)21(31)15-29-22-9-7-18(14-28-22)24(25,26)27/h4,6-10,12-14,17,21H,3,5,11,15H2,1-2H3,(H,28,29). The highest BCUT2D eigenvalue weighted by atomic mass is 19.4. The van der Waals surface area contributed by atoms with Crippen LogP contribution >= 0.6 is 0 Å². The second-order valence-electron chi connectivity index (χ2n) is 8.47. The van der Waals surface area contributed by atoms with E-state index in [1.807, 2.05) is 30.0 Å². The Morgan fingerprint density at radius 3 is 2.73 bits per heavy atom. The number of anilines is 1. The molecule has 1 amide bonds. The summed E-state index contributed by atoms with van der Waals surface area (Å²) in [4.78, 5) is 19.5. The van der Waals surface area contributed by atoms with Gasteiger partial charge in [-0.25, -0.2) is 9.67 Å². The molecular formula is C24H26F3N5O. The smallest absolute Gasteiger partial charge is 0.368 e. The predicted octanol–water partition coefficient (Wildman–Crippen LogP) is 4.95. The average Bonchev–Trinajstić information content (AvgIpc) is 3.32. The number of nitrogens with zero attached hydrogens (tertiary/aromatic N) is 4. The summed E-state index contributed by atoms with van der Waals surface area (Å²) in [7, 11) is 0. The van der Waals surface area contributed by atoms with Gasteiger partial charge in [0.2, 0.25) is 0 Å². The van der Waals surface area contributed by atoms with Crippen molar-refractivity contribution in [1.29, 1.82) is 0 Å². The monoisotopic (exact) mass is 457 g/mol. The number of carbonyl (C=O) groups is 1. The Kier molecular flexibility index (Phi) is 6.40. The molecule has 33 heavy (non-hydrogen) atoms. The van der Waals surface area contributed by atoms with Crippen LogP contribution in [0.25, 0.3) is 5.69 Å². The lowest BCUT2D eigenvalue weighted by Gasteiger charge is -2.40. The average molecular weight is 458 g/mol. The van der Waals surface area contributed by atoms with Gasteiger partial charge in [0.25, 0.3) is 5.91 Å². The summed E-state index contributed by atoms with van der Waals surface area (Å²) in [5, 5.41) is 7.41. The minimum absolute atomic E-state index is 0.0806. The number of rotatable bonds is 5. The van der Waals surface area contributed by atoms with Crippen LogP contribution in [0, 0.1) is 12.8 Å². The van der Waals surface area contributed by atoms with Gasteiger partial charge in [-0.1, -0.05) is 18.6 Å². The zero-order chi connectivity index (χ0) is 23.6. The zero-order valence-corrected chi connectivity index (χ0v) is 18.5. The van der Waals surface area contributed by atoms with E-state index in [2.05, 4.69) is 22.3 Å². The van der Waals surface area contributed by atoms with Gasteiger partial charge >= 0.3 is 6.18 Å². The third-order valence-electron chi connectivity index (χ3n) is 6.09. The van der Waals surface area contributed by atoms with E-state index >= 15 is 0 Å². The van der Waals surface area contributed by atoms with Gasteiger partial charge in [-0.15, -0.1) is 0 Å². The maximum Gasteiger partial charge on any atom is 0.417 e. The lowest BCUT2D eigenvalue weighted by atomic mass is 9.89. The molecule has 4 rings (SSSR count). The number of hydrogen-bond donors (Lipinski definition) is 1. The van der Waals surface area contributed by atoms with E-state index in [9.17, 15) is 18.0 Å². The minimum atomic E-state index is -4.42. The molecule has 9 heteroatoms. The largest absolute Gasteiger partial charge is 0.417 e. The Labute approximate surface area is 190 Å². The number of likely N-dealkylation sites (tertiary alicyclic amines) is 1. The molecule has 2 unspecified atom stereocenters. The molecule has 2 atom stereocenters. The van der Waals surface area contributed by atoms with Crippen LogP contribution in [0.15, 0.2) is 55.0 Å².